The third-order valence-corrected chi connectivity index (χ3v) is 4.46. The summed E-state index contributed by atoms with van der Waals surface area (Å²) in [4.78, 5) is 7.12. The second kappa shape index (κ2) is 12.4. The second-order valence-corrected chi connectivity index (χ2v) is 6.39. The van der Waals surface area contributed by atoms with Gasteiger partial charge in [-0.3, -0.25) is 0 Å². The van der Waals surface area contributed by atoms with Crippen LogP contribution in [0.15, 0.2) is 0 Å². The molecule has 2 fully saturated rings. The van der Waals surface area contributed by atoms with Crippen LogP contribution in [0.25, 0.3) is 0 Å². The first kappa shape index (κ1) is 20.8. The fourth-order valence-electron chi connectivity index (χ4n) is 2.86. The van der Waals surface area contributed by atoms with E-state index in [-0.39, 0.29) is 0 Å². The van der Waals surface area contributed by atoms with Gasteiger partial charge in [-0.25, -0.2) is 0 Å². The van der Waals surface area contributed by atoms with E-state index in [4.69, 9.17) is 0 Å². The number of hydrogen-bond acceptors (Lipinski definition) is 4. The Bertz CT molecular complexity index is 225. The molecule has 1 unspecified atom stereocenters. The molecule has 0 saturated carbocycles. The topological polar surface area (TPSA) is 21.8 Å². The summed E-state index contributed by atoms with van der Waals surface area (Å²) < 4.78 is 0. The molecule has 0 amide bonds. The highest BCUT2D eigenvalue weighted by atomic mass is 15.2. The van der Waals surface area contributed by atoms with Crippen LogP contribution < -0.4 is 5.32 Å². The van der Waals surface area contributed by atoms with Crippen molar-refractivity contribution in [2.75, 3.05) is 61.4 Å². The highest BCUT2D eigenvalue weighted by molar-refractivity contribution is 4.75. The standard InChI is InChI=1S/C8H18N2.C7H16N2.C2H6/c1-9(2)8-5-4-6-10(3)7-8;1-8-7-3-5-9(2)6-4-7;1-2/h8H,4-7H2,1-3H3;7-8H,3-6H2,1-2H3;1-2H3. The van der Waals surface area contributed by atoms with Gasteiger partial charge in [0.1, 0.15) is 0 Å². The molecule has 1 atom stereocenters. The highest BCUT2D eigenvalue weighted by Gasteiger charge is 2.17. The smallest absolute Gasteiger partial charge is 0.0217 e. The lowest BCUT2D eigenvalue weighted by molar-refractivity contribution is 0.155. The fraction of sp³-hybridized carbons (Fsp3) is 1.00. The van der Waals surface area contributed by atoms with E-state index in [0.29, 0.717) is 0 Å². The summed E-state index contributed by atoms with van der Waals surface area (Å²) in [5, 5.41) is 3.30. The number of nitrogens with zero attached hydrogens (tertiary/aromatic N) is 3. The van der Waals surface area contributed by atoms with Gasteiger partial charge in [0.15, 0.2) is 0 Å². The van der Waals surface area contributed by atoms with E-state index < -0.39 is 0 Å². The molecule has 0 spiro atoms. The van der Waals surface area contributed by atoms with Gasteiger partial charge in [0.2, 0.25) is 0 Å². The van der Waals surface area contributed by atoms with Gasteiger partial charge in [-0.05, 0) is 80.6 Å². The number of hydrogen-bond donors (Lipinski definition) is 1. The second-order valence-electron chi connectivity index (χ2n) is 6.39. The van der Waals surface area contributed by atoms with Crippen molar-refractivity contribution in [2.24, 2.45) is 0 Å². The largest absolute Gasteiger partial charge is 0.317 e. The Kier molecular flexibility index (Phi) is 12.3. The van der Waals surface area contributed by atoms with E-state index in [1.54, 1.807) is 0 Å². The molecule has 0 aliphatic carbocycles. The van der Waals surface area contributed by atoms with Gasteiger partial charge in [0, 0.05) is 18.6 Å². The Balaban J connectivity index is 0.000000342. The summed E-state index contributed by atoms with van der Waals surface area (Å²) in [7, 11) is 10.8. The Morgan fingerprint density at radius 2 is 1.48 bits per heavy atom. The molecule has 21 heavy (non-hydrogen) atoms. The zero-order chi connectivity index (χ0) is 16.3. The van der Waals surface area contributed by atoms with Crippen LogP contribution in [-0.2, 0) is 0 Å². The van der Waals surface area contributed by atoms with Crippen LogP contribution in [0.5, 0.6) is 0 Å². The van der Waals surface area contributed by atoms with Crippen LogP contribution in [0, 0.1) is 0 Å². The first-order chi connectivity index (χ1) is 10.0. The van der Waals surface area contributed by atoms with Crippen molar-refractivity contribution in [3.63, 3.8) is 0 Å². The Morgan fingerprint density at radius 1 is 0.905 bits per heavy atom. The number of likely N-dealkylation sites (N-methyl/N-ethyl adjacent to an activating group) is 2. The summed E-state index contributed by atoms with van der Waals surface area (Å²) in [6, 6.07) is 1.57. The Morgan fingerprint density at radius 3 is 1.86 bits per heavy atom. The molecule has 4 heteroatoms. The molecule has 0 bridgehead atoms. The SMILES string of the molecule is CC.CN1CCCC(N(C)C)C1.CNC1CCN(C)CC1. The maximum Gasteiger partial charge on any atom is 0.0217 e. The Hall–Kier alpha value is -0.160. The lowest BCUT2D eigenvalue weighted by Gasteiger charge is -2.33. The van der Waals surface area contributed by atoms with Crippen molar-refractivity contribution >= 4 is 0 Å². The Labute approximate surface area is 133 Å². The zero-order valence-electron chi connectivity index (χ0n) is 15.7. The van der Waals surface area contributed by atoms with E-state index in [1.165, 1.54) is 51.9 Å². The molecule has 0 radical (unpaired) electrons. The van der Waals surface area contributed by atoms with E-state index >= 15 is 0 Å². The first-order valence-corrected chi connectivity index (χ1v) is 8.73. The van der Waals surface area contributed by atoms with Crippen LogP contribution in [0.1, 0.15) is 39.5 Å². The minimum Gasteiger partial charge on any atom is -0.317 e. The third-order valence-electron chi connectivity index (χ3n) is 4.46. The maximum atomic E-state index is 3.30. The molecule has 2 saturated heterocycles. The number of nitrogens with one attached hydrogen (secondary N) is 1. The van der Waals surface area contributed by atoms with E-state index in [2.05, 4.69) is 55.3 Å². The number of rotatable bonds is 2. The van der Waals surface area contributed by atoms with Crippen LogP contribution in [-0.4, -0.2) is 88.2 Å². The summed E-state index contributed by atoms with van der Waals surface area (Å²) in [5.41, 5.74) is 0. The quantitative estimate of drug-likeness (QED) is 0.841. The molecule has 2 aliphatic rings. The summed E-state index contributed by atoms with van der Waals surface area (Å²) in [6.07, 6.45) is 5.36. The molecule has 0 aromatic rings. The molecule has 2 heterocycles. The van der Waals surface area contributed by atoms with Gasteiger partial charge in [0.25, 0.3) is 0 Å². The highest BCUT2D eigenvalue weighted by Crippen LogP contribution is 2.11. The van der Waals surface area contributed by atoms with Crippen LogP contribution in [0.4, 0.5) is 0 Å². The van der Waals surface area contributed by atoms with Gasteiger partial charge in [-0.1, -0.05) is 13.8 Å². The average Bonchev–Trinajstić information content (AvgIpc) is 2.51. The monoisotopic (exact) mass is 300 g/mol. The van der Waals surface area contributed by atoms with E-state index in [0.717, 1.165) is 12.1 Å². The summed E-state index contributed by atoms with van der Waals surface area (Å²) in [6.45, 7) is 9.04. The number of piperidine rings is 2. The molecular weight excluding hydrogens is 260 g/mol. The summed E-state index contributed by atoms with van der Waals surface area (Å²) in [5.74, 6) is 0. The van der Waals surface area contributed by atoms with Crippen molar-refractivity contribution in [2.45, 2.75) is 51.6 Å². The lowest BCUT2D eigenvalue weighted by Crippen LogP contribution is -2.43. The minimum absolute atomic E-state index is 0.779. The first-order valence-electron chi connectivity index (χ1n) is 8.73. The van der Waals surface area contributed by atoms with Crippen LogP contribution in [0.2, 0.25) is 0 Å². The molecule has 128 valence electrons. The number of likely N-dealkylation sites (tertiary alicyclic amines) is 2. The minimum atomic E-state index is 0.779. The maximum absolute atomic E-state index is 3.30. The summed E-state index contributed by atoms with van der Waals surface area (Å²) >= 11 is 0. The predicted octanol–water partition coefficient (Wildman–Crippen LogP) is 1.97. The van der Waals surface area contributed by atoms with Crippen molar-refractivity contribution in [1.82, 2.24) is 20.0 Å². The van der Waals surface area contributed by atoms with Gasteiger partial charge in [-0.2, -0.15) is 0 Å². The van der Waals surface area contributed by atoms with E-state index in [9.17, 15) is 0 Å². The molecular formula is C17H40N4. The van der Waals surface area contributed by atoms with Crippen LogP contribution in [0.3, 0.4) is 0 Å². The third kappa shape index (κ3) is 9.46. The molecule has 0 aromatic heterocycles. The van der Waals surface area contributed by atoms with Crippen molar-refractivity contribution in [3.8, 4) is 0 Å². The van der Waals surface area contributed by atoms with Crippen molar-refractivity contribution < 1.29 is 0 Å². The van der Waals surface area contributed by atoms with Gasteiger partial charge in [-0.15, -0.1) is 0 Å². The zero-order valence-corrected chi connectivity index (χ0v) is 15.7. The van der Waals surface area contributed by atoms with Gasteiger partial charge < -0.3 is 20.0 Å². The van der Waals surface area contributed by atoms with Crippen molar-refractivity contribution in [1.29, 1.82) is 0 Å². The van der Waals surface area contributed by atoms with Gasteiger partial charge in [0.05, 0.1) is 0 Å². The fourth-order valence-corrected chi connectivity index (χ4v) is 2.86. The molecule has 4 nitrogen and oxygen atoms in total. The molecule has 0 aromatic carbocycles. The molecule has 2 rings (SSSR count). The normalized spacial score (nSPS) is 24.9. The van der Waals surface area contributed by atoms with E-state index in [1.807, 2.05) is 13.8 Å². The van der Waals surface area contributed by atoms with Gasteiger partial charge >= 0.3 is 0 Å². The molecule has 2 aliphatic heterocycles. The van der Waals surface area contributed by atoms with Crippen molar-refractivity contribution in [3.05, 3.63) is 0 Å². The predicted molar refractivity (Wildman–Crippen MR) is 95.1 cm³/mol. The lowest BCUT2D eigenvalue weighted by atomic mass is 10.1. The van der Waals surface area contributed by atoms with Crippen LogP contribution >= 0.6 is 0 Å². The molecule has 1 N–H and O–H groups in total. The average molecular weight is 301 g/mol.